The highest BCUT2D eigenvalue weighted by molar-refractivity contribution is 5.95. The third-order valence-electron chi connectivity index (χ3n) is 4.97. The highest BCUT2D eigenvalue weighted by Crippen LogP contribution is 2.32. The Labute approximate surface area is 154 Å². The molecule has 5 heteroatoms. The first kappa shape index (κ1) is 16.9. The highest BCUT2D eigenvalue weighted by atomic mass is 16.7. The van der Waals surface area contributed by atoms with Gasteiger partial charge in [-0.2, -0.15) is 0 Å². The van der Waals surface area contributed by atoms with Crippen LogP contribution in [0.25, 0.3) is 0 Å². The lowest BCUT2D eigenvalue weighted by molar-refractivity contribution is 0.0628. The van der Waals surface area contributed by atoms with E-state index >= 15 is 0 Å². The average molecular weight is 352 g/mol. The minimum Gasteiger partial charge on any atom is -0.454 e. The average Bonchev–Trinajstić information content (AvgIpc) is 3.08. The predicted octanol–water partition coefficient (Wildman–Crippen LogP) is 2.99. The molecule has 0 bridgehead atoms. The molecule has 0 atom stereocenters. The monoisotopic (exact) mass is 352 g/mol. The van der Waals surface area contributed by atoms with Gasteiger partial charge in [-0.15, -0.1) is 0 Å². The van der Waals surface area contributed by atoms with Crippen molar-refractivity contribution in [2.24, 2.45) is 0 Å². The van der Waals surface area contributed by atoms with Gasteiger partial charge < -0.3 is 14.4 Å². The Hall–Kier alpha value is -2.53. The molecule has 0 spiro atoms. The van der Waals surface area contributed by atoms with Gasteiger partial charge in [-0.3, -0.25) is 9.69 Å². The number of amides is 1. The molecule has 0 saturated carbocycles. The lowest BCUT2D eigenvalue weighted by Crippen LogP contribution is -2.48. The number of hydrogen-bond acceptors (Lipinski definition) is 4. The summed E-state index contributed by atoms with van der Waals surface area (Å²) in [7, 11) is 0. The van der Waals surface area contributed by atoms with Crippen LogP contribution in [-0.2, 0) is 6.54 Å². The zero-order valence-corrected chi connectivity index (χ0v) is 15.3. The van der Waals surface area contributed by atoms with Crippen molar-refractivity contribution in [3.63, 3.8) is 0 Å². The van der Waals surface area contributed by atoms with Crippen molar-refractivity contribution in [1.29, 1.82) is 0 Å². The first-order valence-electron chi connectivity index (χ1n) is 9.07. The number of ether oxygens (including phenoxy) is 2. The SMILES string of the molecule is Cc1cc(C)cc(CN2CCN(C(=O)c3ccc4c(c3)OCO4)CC2)c1. The second kappa shape index (κ2) is 7.00. The number of benzene rings is 2. The summed E-state index contributed by atoms with van der Waals surface area (Å²) >= 11 is 0. The van der Waals surface area contributed by atoms with Crippen LogP contribution in [0.4, 0.5) is 0 Å². The molecule has 0 N–H and O–H groups in total. The van der Waals surface area contributed by atoms with Crippen molar-refractivity contribution in [3.05, 3.63) is 58.7 Å². The van der Waals surface area contributed by atoms with E-state index in [2.05, 4.69) is 36.9 Å². The van der Waals surface area contributed by atoms with Crippen LogP contribution < -0.4 is 9.47 Å². The van der Waals surface area contributed by atoms with Gasteiger partial charge in [-0.05, 0) is 37.6 Å². The number of fused-ring (bicyclic) bond motifs is 1. The van der Waals surface area contributed by atoms with Crippen LogP contribution in [0.2, 0.25) is 0 Å². The number of nitrogens with zero attached hydrogens (tertiary/aromatic N) is 2. The van der Waals surface area contributed by atoms with Crippen molar-refractivity contribution in [3.8, 4) is 11.5 Å². The summed E-state index contributed by atoms with van der Waals surface area (Å²) in [5, 5.41) is 0. The van der Waals surface area contributed by atoms with Gasteiger partial charge in [0.15, 0.2) is 11.5 Å². The van der Waals surface area contributed by atoms with Gasteiger partial charge in [0.25, 0.3) is 5.91 Å². The molecule has 4 rings (SSSR count). The summed E-state index contributed by atoms with van der Waals surface area (Å²) in [5.74, 6) is 1.43. The Balaban J connectivity index is 1.36. The Morgan fingerprint density at radius 1 is 0.923 bits per heavy atom. The van der Waals surface area contributed by atoms with E-state index in [9.17, 15) is 4.79 Å². The van der Waals surface area contributed by atoms with Crippen molar-refractivity contribution < 1.29 is 14.3 Å². The van der Waals surface area contributed by atoms with Crippen molar-refractivity contribution in [2.75, 3.05) is 33.0 Å². The molecule has 2 heterocycles. The lowest BCUT2D eigenvalue weighted by atomic mass is 10.1. The number of aryl methyl sites for hydroxylation is 2. The zero-order valence-electron chi connectivity index (χ0n) is 15.3. The third kappa shape index (κ3) is 3.53. The van der Waals surface area contributed by atoms with Gasteiger partial charge in [0.1, 0.15) is 0 Å². The highest BCUT2D eigenvalue weighted by Gasteiger charge is 2.24. The fourth-order valence-corrected chi connectivity index (χ4v) is 3.74. The molecule has 0 unspecified atom stereocenters. The van der Waals surface area contributed by atoms with Gasteiger partial charge >= 0.3 is 0 Å². The van der Waals surface area contributed by atoms with Gasteiger partial charge in [0.05, 0.1) is 0 Å². The molecular weight excluding hydrogens is 328 g/mol. The molecular formula is C21H24N2O3. The maximum Gasteiger partial charge on any atom is 0.254 e. The normalized spacial score (nSPS) is 16.8. The standard InChI is InChI=1S/C21H24N2O3/c1-15-9-16(2)11-17(10-15)13-22-5-7-23(8-6-22)21(24)18-3-4-19-20(12-18)26-14-25-19/h3-4,9-12H,5-8,13-14H2,1-2H3. The quantitative estimate of drug-likeness (QED) is 0.852. The summed E-state index contributed by atoms with van der Waals surface area (Å²) in [6, 6.07) is 12.1. The maximum absolute atomic E-state index is 12.8. The van der Waals surface area contributed by atoms with E-state index in [0.29, 0.717) is 17.1 Å². The molecule has 5 nitrogen and oxygen atoms in total. The fraction of sp³-hybridized carbons (Fsp3) is 0.381. The molecule has 2 aliphatic heterocycles. The summed E-state index contributed by atoms with van der Waals surface area (Å²) < 4.78 is 10.7. The molecule has 26 heavy (non-hydrogen) atoms. The predicted molar refractivity (Wildman–Crippen MR) is 99.7 cm³/mol. The second-order valence-electron chi connectivity index (χ2n) is 7.13. The maximum atomic E-state index is 12.8. The van der Waals surface area contributed by atoms with E-state index < -0.39 is 0 Å². The zero-order chi connectivity index (χ0) is 18.1. The number of hydrogen-bond donors (Lipinski definition) is 0. The van der Waals surface area contributed by atoms with Crippen LogP contribution in [0, 0.1) is 13.8 Å². The molecule has 0 radical (unpaired) electrons. The fourth-order valence-electron chi connectivity index (χ4n) is 3.74. The van der Waals surface area contributed by atoms with E-state index in [0.717, 1.165) is 32.7 Å². The van der Waals surface area contributed by atoms with Crippen molar-refractivity contribution >= 4 is 5.91 Å². The van der Waals surface area contributed by atoms with Crippen LogP contribution in [0.3, 0.4) is 0 Å². The van der Waals surface area contributed by atoms with Crippen LogP contribution in [-0.4, -0.2) is 48.7 Å². The minimum atomic E-state index is 0.0642. The summed E-state index contributed by atoms with van der Waals surface area (Å²) in [4.78, 5) is 17.1. The van der Waals surface area contributed by atoms with Gasteiger partial charge in [-0.25, -0.2) is 0 Å². The minimum absolute atomic E-state index is 0.0642. The topological polar surface area (TPSA) is 42.0 Å². The molecule has 2 aromatic rings. The number of rotatable bonds is 3. The number of piperazine rings is 1. The van der Waals surface area contributed by atoms with Gasteiger partial charge in [0, 0.05) is 38.3 Å². The first-order valence-corrected chi connectivity index (χ1v) is 9.07. The summed E-state index contributed by atoms with van der Waals surface area (Å²) in [5.41, 5.74) is 4.61. The van der Waals surface area contributed by atoms with E-state index in [4.69, 9.17) is 9.47 Å². The lowest BCUT2D eigenvalue weighted by Gasteiger charge is -2.35. The van der Waals surface area contributed by atoms with Crippen molar-refractivity contribution in [2.45, 2.75) is 20.4 Å². The van der Waals surface area contributed by atoms with Crippen LogP contribution in [0.5, 0.6) is 11.5 Å². The van der Waals surface area contributed by atoms with Crippen molar-refractivity contribution in [1.82, 2.24) is 9.80 Å². The number of carbonyl (C=O) groups is 1. The first-order chi connectivity index (χ1) is 12.6. The van der Waals surface area contributed by atoms with Crippen LogP contribution in [0.1, 0.15) is 27.0 Å². The Morgan fingerprint density at radius 3 is 2.35 bits per heavy atom. The van der Waals surface area contributed by atoms with Gasteiger partial charge in [-0.1, -0.05) is 29.3 Å². The van der Waals surface area contributed by atoms with Crippen LogP contribution >= 0.6 is 0 Å². The second-order valence-corrected chi connectivity index (χ2v) is 7.13. The Bertz CT molecular complexity index is 806. The molecule has 1 fully saturated rings. The Morgan fingerprint density at radius 2 is 1.62 bits per heavy atom. The molecule has 0 aromatic heterocycles. The third-order valence-corrected chi connectivity index (χ3v) is 4.97. The van der Waals surface area contributed by atoms with Crippen LogP contribution in [0.15, 0.2) is 36.4 Å². The molecule has 136 valence electrons. The van der Waals surface area contributed by atoms with E-state index in [1.807, 2.05) is 17.0 Å². The number of carbonyl (C=O) groups excluding carboxylic acids is 1. The van der Waals surface area contributed by atoms with E-state index in [1.54, 1.807) is 6.07 Å². The molecule has 2 aromatic carbocycles. The molecule has 2 aliphatic rings. The Kier molecular flexibility index (Phi) is 4.55. The summed E-state index contributed by atoms with van der Waals surface area (Å²) in [6.07, 6.45) is 0. The summed E-state index contributed by atoms with van der Waals surface area (Å²) in [6.45, 7) is 8.72. The molecule has 1 amide bonds. The van der Waals surface area contributed by atoms with E-state index in [-0.39, 0.29) is 12.7 Å². The molecule has 0 aliphatic carbocycles. The largest absolute Gasteiger partial charge is 0.454 e. The smallest absolute Gasteiger partial charge is 0.254 e. The van der Waals surface area contributed by atoms with Gasteiger partial charge in [0.2, 0.25) is 6.79 Å². The van der Waals surface area contributed by atoms with E-state index in [1.165, 1.54) is 16.7 Å². The molecule has 1 saturated heterocycles.